The Morgan fingerprint density at radius 2 is 2.24 bits per heavy atom. The first-order valence-corrected chi connectivity index (χ1v) is 5.18. The zero-order valence-electron chi connectivity index (χ0n) is 8.98. The maximum atomic E-state index is 13.1. The molecule has 2 atom stereocenters. The average molecular weight is 242 g/mol. The van der Waals surface area contributed by atoms with Gasteiger partial charge in [-0.15, -0.1) is 0 Å². The Morgan fingerprint density at radius 1 is 1.47 bits per heavy atom. The van der Waals surface area contributed by atoms with E-state index in [1.807, 2.05) is 0 Å². The molecule has 0 saturated carbocycles. The number of benzene rings is 1. The number of halogens is 2. The molecule has 1 aliphatic rings. The van der Waals surface area contributed by atoms with Gasteiger partial charge >= 0.3 is 0 Å². The number of ether oxygens (including phenoxy) is 1. The molecule has 6 heteroatoms. The largest absolute Gasteiger partial charge is 0.345 e. The minimum absolute atomic E-state index is 0.268. The molecule has 0 amide bonds. The van der Waals surface area contributed by atoms with Crippen molar-refractivity contribution in [2.75, 3.05) is 18.0 Å². The molecule has 1 fully saturated rings. The lowest BCUT2D eigenvalue weighted by Gasteiger charge is -2.20. The lowest BCUT2D eigenvalue weighted by atomic mass is 10.2. The van der Waals surface area contributed by atoms with Crippen molar-refractivity contribution in [1.82, 2.24) is 0 Å². The summed E-state index contributed by atoms with van der Waals surface area (Å²) >= 11 is 0. The number of aldehydes is 1. The molecule has 1 unspecified atom stereocenters. The summed E-state index contributed by atoms with van der Waals surface area (Å²) in [5.41, 5.74) is 5.84. The highest BCUT2D eigenvalue weighted by molar-refractivity contribution is 5.65. The van der Waals surface area contributed by atoms with Crippen LogP contribution in [-0.2, 0) is 9.53 Å². The van der Waals surface area contributed by atoms with E-state index in [1.165, 1.54) is 6.07 Å². The molecule has 0 aromatic heterocycles. The zero-order valence-corrected chi connectivity index (χ0v) is 8.98. The number of carbonyl (C=O) groups is 1. The van der Waals surface area contributed by atoms with Crippen LogP contribution in [0.2, 0.25) is 0 Å². The van der Waals surface area contributed by atoms with Crippen LogP contribution in [0.5, 0.6) is 0 Å². The van der Waals surface area contributed by atoms with E-state index in [-0.39, 0.29) is 12.6 Å². The molecule has 0 spiro atoms. The third-order valence-electron chi connectivity index (χ3n) is 2.65. The molecular weight excluding hydrogens is 230 g/mol. The predicted molar refractivity (Wildman–Crippen MR) is 57.5 cm³/mol. The van der Waals surface area contributed by atoms with E-state index in [2.05, 4.69) is 0 Å². The molecule has 0 aliphatic carbocycles. The van der Waals surface area contributed by atoms with E-state index in [9.17, 15) is 13.6 Å². The van der Waals surface area contributed by atoms with Crippen molar-refractivity contribution in [3.8, 4) is 0 Å². The summed E-state index contributed by atoms with van der Waals surface area (Å²) in [6.45, 7) is 0.648. The molecule has 1 saturated heterocycles. The minimum Gasteiger partial charge on any atom is -0.345 e. The number of nitrogens with two attached hydrogens (primary N) is 1. The lowest BCUT2D eigenvalue weighted by molar-refractivity contribution is -0.117. The van der Waals surface area contributed by atoms with Crippen molar-refractivity contribution in [3.05, 3.63) is 29.8 Å². The number of rotatable bonds is 3. The first-order chi connectivity index (χ1) is 8.15. The summed E-state index contributed by atoms with van der Waals surface area (Å²) in [7, 11) is 0. The standard InChI is InChI=1S/C11H12F2N2O2/c12-9-2-1-7(3-10(9)13)15-5-8(4-14)17-11(15)6-16/h1-3,6,8,11H,4-5,14H2/t8-,11?/m0/s1. The third-order valence-corrected chi connectivity index (χ3v) is 2.65. The van der Waals surface area contributed by atoms with Crippen molar-refractivity contribution in [2.45, 2.75) is 12.3 Å². The van der Waals surface area contributed by atoms with Crippen LogP contribution in [0.1, 0.15) is 0 Å². The van der Waals surface area contributed by atoms with Crippen LogP contribution in [0.15, 0.2) is 18.2 Å². The topological polar surface area (TPSA) is 55.6 Å². The highest BCUT2D eigenvalue weighted by Gasteiger charge is 2.32. The van der Waals surface area contributed by atoms with Crippen LogP contribution in [0, 0.1) is 11.6 Å². The van der Waals surface area contributed by atoms with Crippen LogP contribution in [0.3, 0.4) is 0 Å². The van der Waals surface area contributed by atoms with E-state index in [0.717, 1.165) is 12.1 Å². The van der Waals surface area contributed by atoms with Gasteiger partial charge in [-0.05, 0) is 12.1 Å². The molecule has 2 N–H and O–H groups in total. The predicted octanol–water partition coefficient (Wildman–Crippen LogP) is 0.654. The Morgan fingerprint density at radius 3 is 2.82 bits per heavy atom. The maximum Gasteiger partial charge on any atom is 0.187 e. The third kappa shape index (κ3) is 2.27. The molecule has 1 aromatic rings. The molecule has 0 bridgehead atoms. The monoisotopic (exact) mass is 242 g/mol. The van der Waals surface area contributed by atoms with Gasteiger partial charge in [-0.25, -0.2) is 8.78 Å². The van der Waals surface area contributed by atoms with E-state index < -0.39 is 17.9 Å². The van der Waals surface area contributed by atoms with Crippen molar-refractivity contribution in [2.24, 2.45) is 5.73 Å². The number of hydrogen-bond donors (Lipinski definition) is 1. The maximum absolute atomic E-state index is 13.1. The molecule has 1 heterocycles. The first kappa shape index (κ1) is 11.9. The van der Waals surface area contributed by atoms with E-state index in [1.54, 1.807) is 4.90 Å². The zero-order chi connectivity index (χ0) is 12.4. The fraction of sp³-hybridized carbons (Fsp3) is 0.364. The fourth-order valence-electron chi connectivity index (χ4n) is 1.79. The van der Waals surface area contributed by atoms with E-state index in [4.69, 9.17) is 10.5 Å². The second kappa shape index (κ2) is 4.77. The van der Waals surface area contributed by atoms with Crippen LogP contribution in [0.4, 0.5) is 14.5 Å². The van der Waals surface area contributed by atoms with Gasteiger partial charge in [0.2, 0.25) is 0 Å². The van der Waals surface area contributed by atoms with Gasteiger partial charge in [-0.1, -0.05) is 0 Å². The molecule has 92 valence electrons. The van der Waals surface area contributed by atoms with Gasteiger partial charge in [0.05, 0.1) is 6.10 Å². The van der Waals surface area contributed by atoms with Gasteiger partial charge in [-0.3, -0.25) is 4.79 Å². The Bertz CT molecular complexity index is 428. The smallest absolute Gasteiger partial charge is 0.187 e. The van der Waals surface area contributed by atoms with Gasteiger partial charge in [0.1, 0.15) is 0 Å². The van der Waals surface area contributed by atoms with Gasteiger partial charge in [-0.2, -0.15) is 0 Å². The van der Waals surface area contributed by atoms with Crippen molar-refractivity contribution in [3.63, 3.8) is 0 Å². The fourth-order valence-corrected chi connectivity index (χ4v) is 1.79. The SMILES string of the molecule is NC[C@H]1CN(c2ccc(F)c(F)c2)C(C=O)O1. The molecule has 0 radical (unpaired) electrons. The molecule has 1 aromatic carbocycles. The summed E-state index contributed by atoms with van der Waals surface area (Å²) in [4.78, 5) is 12.4. The van der Waals surface area contributed by atoms with Crippen LogP contribution in [-0.4, -0.2) is 31.7 Å². The second-order valence-electron chi connectivity index (χ2n) is 3.77. The minimum atomic E-state index is -0.955. The van der Waals surface area contributed by atoms with Crippen LogP contribution < -0.4 is 10.6 Å². The summed E-state index contributed by atoms with van der Waals surface area (Å²) in [5, 5.41) is 0. The second-order valence-corrected chi connectivity index (χ2v) is 3.77. The number of anilines is 1. The van der Waals surface area contributed by atoms with Crippen molar-refractivity contribution >= 4 is 12.0 Å². The highest BCUT2D eigenvalue weighted by atomic mass is 19.2. The van der Waals surface area contributed by atoms with Gasteiger partial charge < -0.3 is 15.4 Å². The molecule has 17 heavy (non-hydrogen) atoms. The number of hydrogen-bond acceptors (Lipinski definition) is 4. The lowest BCUT2D eigenvalue weighted by Crippen LogP contribution is -2.31. The van der Waals surface area contributed by atoms with E-state index in [0.29, 0.717) is 18.5 Å². The Kier molecular flexibility index (Phi) is 3.35. The molecule has 1 aliphatic heterocycles. The van der Waals surface area contributed by atoms with Crippen LogP contribution >= 0.6 is 0 Å². The summed E-state index contributed by atoms with van der Waals surface area (Å²) in [5.74, 6) is -1.88. The first-order valence-electron chi connectivity index (χ1n) is 5.18. The number of carbonyl (C=O) groups excluding carboxylic acids is 1. The van der Waals surface area contributed by atoms with E-state index >= 15 is 0 Å². The normalized spacial score (nSPS) is 24.1. The Hall–Kier alpha value is -1.53. The highest BCUT2D eigenvalue weighted by Crippen LogP contribution is 2.25. The van der Waals surface area contributed by atoms with Gasteiger partial charge in [0.15, 0.2) is 24.1 Å². The number of nitrogens with zero attached hydrogens (tertiary/aromatic N) is 1. The average Bonchev–Trinajstić information content (AvgIpc) is 2.76. The quantitative estimate of drug-likeness (QED) is 0.791. The molecule has 2 rings (SSSR count). The van der Waals surface area contributed by atoms with Crippen molar-refractivity contribution < 1.29 is 18.3 Å². The van der Waals surface area contributed by atoms with Crippen molar-refractivity contribution in [1.29, 1.82) is 0 Å². The Balaban J connectivity index is 2.25. The van der Waals surface area contributed by atoms with Gasteiger partial charge in [0.25, 0.3) is 0 Å². The molecular formula is C11H12F2N2O2. The summed E-state index contributed by atoms with van der Waals surface area (Å²) in [6.07, 6.45) is -0.469. The summed E-state index contributed by atoms with van der Waals surface area (Å²) in [6, 6.07) is 3.45. The molecule has 4 nitrogen and oxygen atoms in total. The van der Waals surface area contributed by atoms with Gasteiger partial charge in [0, 0.05) is 24.8 Å². The summed E-state index contributed by atoms with van der Waals surface area (Å²) < 4.78 is 31.2. The Labute approximate surface area is 97.0 Å². The van der Waals surface area contributed by atoms with Crippen LogP contribution in [0.25, 0.3) is 0 Å².